The molecule has 0 aliphatic heterocycles. The van der Waals surface area contributed by atoms with E-state index in [1.54, 1.807) is 36.4 Å². The lowest BCUT2D eigenvalue weighted by molar-refractivity contribution is -0.145. The van der Waals surface area contributed by atoms with Crippen LogP contribution in [0.5, 0.6) is 0 Å². The molecular formula is C37H46FN5O4S. The predicted molar refractivity (Wildman–Crippen MR) is 189 cm³/mol. The number of hydrogen-bond acceptors (Lipinski definition) is 7. The van der Waals surface area contributed by atoms with Gasteiger partial charge in [-0.1, -0.05) is 74.9 Å². The normalized spacial score (nSPS) is 13.2. The molecule has 0 aliphatic carbocycles. The number of esters is 1. The Labute approximate surface area is 286 Å². The van der Waals surface area contributed by atoms with Crippen LogP contribution in [0.15, 0.2) is 79.3 Å². The van der Waals surface area contributed by atoms with Gasteiger partial charge in [-0.05, 0) is 58.4 Å². The zero-order valence-corrected chi connectivity index (χ0v) is 29.0. The SMILES string of the molecule is CCC(C)[C@@H](CN(CC(=O)N[C@@H](CCSC)C(=O)OC)Cc1cccc2ccccc12)NC(=O)Cc1cncn1Cc1ccc(F)cc1. The first-order valence-electron chi connectivity index (χ1n) is 16.3. The summed E-state index contributed by atoms with van der Waals surface area (Å²) in [7, 11) is 1.32. The first-order chi connectivity index (χ1) is 23.2. The Kier molecular flexibility index (Phi) is 14.0. The van der Waals surface area contributed by atoms with Crippen molar-refractivity contribution in [1.29, 1.82) is 0 Å². The number of amides is 2. The molecule has 0 bridgehead atoms. The topological polar surface area (TPSA) is 106 Å². The molecule has 4 rings (SSSR count). The van der Waals surface area contributed by atoms with Crippen molar-refractivity contribution in [3.63, 3.8) is 0 Å². The number of benzene rings is 3. The molecule has 4 aromatic rings. The van der Waals surface area contributed by atoms with Crippen LogP contribution >= 0.6 is 11.8 Å². The zero-order chi connectivity index (χ0) is 34.5. The van der Waals surface area contributed by atoms with E-state index in [2.05, 4.69) is 53.7 Å². The van der Waals surface area contributed by atoms with Gasteiger partial charge in [0.15, 0.2) is 0 Å². The van der Waals surface area contributed by atoms with Crippen LogP contribution in [0, 0.1) is 11.7 Å². The van der Waals surface area contributed by atoms with E-state index in [4.69, 9.17) is 4.74 Å². The number of ether oxygens (including phenoxy) is 1. The van der Waals surface area contributed by atoms with Gasteiger partial charge >= 0.3 is 5.97 Å². The Balaban J connectivity index is 1.52. The Morgan fingerprint density at radius 2 is 1.77 bits per heavy atom. The fourth-order valence-corrected chi connectivity index (χ4v) is 6.17. The fourth-order valence-electron chi connectivity index (χ4n) is 5.70. The maximum Gasteiger partial charge on any atom is 0.328 e. The van der Waals surface area contributed by atoms with E-state index in [1.807, 2.05) is 33.9 Å². The second kappa shape index (κ2) is 18.4. The summed E-state index contributed by atoms with van der Waals surface area (Å²) in [5.74, 6) is -0.401. The van der Waals surface area contributed by atoms with Crippen molar-refractivity contribution in [1.82, 2.24) is 25.1 Å². The smallest absolute Gasteiger partial charge is 0.328 e. The van der Waals surface area contributed by atoms with Gasteiger partial charge in [0.1, 0.15) is 11.9 Å². The van der Waals surface area contributed by atoms with Crippen molar-refractivity contribution in [2.75, 3.05) is 32.2 Å². The van der Waals surface area contributed by atoms with Crippen molar-refractivity contribution in [3.05, 3.63) is 102 Å². The quantitative estimate of drug-likeness (QED) is 0.140. The van der Waals surface area contributed by atoms with Gasteiger partial charge in [0.25, 0.3) is 0 Å². The summed E-state index contributed by atoms with van der Waals surface area (Å²) < 4.78 is 20.3. The van der Waals surface area contributed by atoms with Crippen LogP contribution in [0.25, 0.3) is 10.8 Å². The molecule has 0 saturated carbocycles. The van der Waals surface area contributed by atoms with E-state index in [0.717, 1.165) is 34.0 Å². The molecule has 0 radical (unpaired) electrons. The second-order valence-corrected chi connectivity index (χ2v) is 13.1. The van der Waals surface area contributed by atoms with Crippen LogP contribution in [0.1, 0.15) is 43.5 Å². The van der Waals surface area contributed by atoms with Gasteiger partial charge in [-0.25, -0.2) is 14.2 Å². The monoisotopic (exact) mass is 675 g/mol. The molecule has 3 aromatic carbocycles. The van der Waals surface area contributed by atoms with E-state index < -0.39 is 12.0 Å². The molecule has 256 valence electrons. The van der Waals surface area contributed by atoms with Crippen LogP contribution in [0.4, 0.5) is 4.39 Å². The Hall–Kier alpha value is -4.22. The molecule has 0 aliphatic rings. The van der Waals surface area contributed by atoms with Gasteiger partial charge < -0.3 is 19.9 Å². The number of rotatable bonds is 18. The minimum absolute atomic E-state index is 0.0310. The average Bonchev–Trinajstić information content (AvgIpc) is 3.52. The number of carbonyl (C=O) groups excluding carboxylic acids is 3. The third-order valence-corrected chi connectivity index (χ3v) is 9.26. The molecule has 9 nitrogen and oxygen atoms in total. The largest absolute Gasteiger partial charge is 0.467 e. The van der Waals surface area contributed by atoms with Gasteiger partial charge in [-0.2, -0.15) is 11.8 Å². The molecule has 1 heterocycles. The second-order valence-electron chi connectivity index (χ2n) is 12.1. The Morgan fingerprint density at radius 3 is 2.50 bits per heavy atom. The van der Waals surface area contributed by atoms with Crippen LogP contribution in [-0.2, 0) is 38.6 Å². The van der Waals surface area contributed by atoms with Crippen molar-refractivity contribution < 1.29 is 23.5 Å². The average molecular weight is 676 g/mol. The number of carbonyl (C=O) groups is 3. The van der Waals surface area contributed by atoms with E-state index in [9.17, 15) is 18.8 Å². The standard InChI is InChI=1S/C37H46FN5O4S/c1-5-26(2)34(41-35(44)19-31-20-39-25-43(31)21-27-13-15-30(38)16-14-27)23-42(22-29-11-8-10-28-9-6-7-12-32(28)29)24-36(45)40-33(17-18-48-4)37(46)47-3/h6-16,20,25-26,33-34H,5,17-19,21-24H2,1-4H3,(H,40,45)(H,41,44)/t26?,33-,34+/m0/s1. The number of thioether (sulfide) groups is 1. The van der Waals surface area contributed by atoms with Gasteiger partial charge in [0, 0.05) is 37.6 Å². The van der Waals surface area contributed by atoms with Crippen molar-refractivity contribution in [3.8, 4) is 0 Å². The lowest BCUT2D eigenvalue weighted by atomic mass is 9.97. The third-order valence-electron chi connectivity index (χ3n) is 8.61. The van der Waals surface area contributed by atoms with Crippen LogP contribution in [-0.4, -0.2) is 76.5 Å². The number of hydrogen-bond donors (Lipinski definition) is 2. The van der Waals surface area contributed by atoms with Crippen LogP contribution in [0.3, 0.4) is 0 Å². The van der Waals surface area contributed by atoms with Crippen molar-refractivity contribution >= 4 is 40.3 Å². The molecule has 2 amide bonds. The highest BCUT2D eigenvalue weighted by Crippen LogP contribution is 2.21. The third kappa shape index (κ3) is 10.6. The van der Waals surface area contributed by atoms with Crippen LogP contribution < -0.4 is 10.6 Å². The molecule has 48 heavy (non-hydrogen) atoms. The molecule has 3 atom stereocenters. The Bertz CT molecular complexity index is 1640. The minimum atomic E-state index is -0.737. The number of aromatic nitrogens is 2. The number of halogens is 1. The molecule has 11 heteroatoms. The number of fused-ring (bicyclic) bond motifs is 1. The lowest BCUT2D eigenvalue weighted by Gasteiger charge is -2.32. The summed E-state index contributed by atoms with van der Waals surface area (Å²) in [5.41, 5.74) is 2.70. The molecule has 2 N–H and O–H groups in total. The van der Waals surface area contributed by atoms with E-state index in [0.29, 0.717) is 31.8 Å². The number of nitrogens with one attached hydrogen (secondary N) is 2. The van der Waals surface area contributed by atoms with E-state index >= 15 is 0 Å². The molecule has 1 unspecified atom stereocenters. The Morgan fingerprint density at radius 1 is 1.02 bits per heavy atom. The first-order valence-corrected chi connectivity index (χ1v) is 17.7. The highest BCUT2D eigenvalue weighted by Gasteiger charge is 2.26. The number of nitrogens with zero attached hydrogens (tertiary/aromatic N) is 3. The maximum absolute atomic E-state index is 13.5. The highest BCUT2D eigenvalue weighted by atomic mass is 32.2. The van der Waals surface area contributed by atoms with Gasteiger partial charge in [-0.3, -0.25) is 14.5 Å². The summed E-state index contributed by atoms with van der Waals surface area (Å²) in [4.78, 5) is 45.7. The minimum Gasteiger partial charge on any atom is -0.467 e. The zero-order valence-electron chi connectivity index (χ0n) is 28.2. The molecular weight excluding hydrogens is 630 g/mol. The number of imidazole rings is 1. The summed E-state index contributed by atoms with van der Waals surface area (Å²) in [6.07, 6.45) is 6.70. The maximum atomic E-state index is 13.5. The molecule has 1 aromatic heterocycles. The van der Waals surface area contributed by atoms with Crippen molar-refractivity contribution in [2.24, 2.45) is 5.92 Å². The molecule has 0 fully saturated rings. The lowest BCUT2D eigenvalue weighted by Crippen LogP contribution is -2.51. The van der Waals surface area contributed by atoms with Crippen molar-refractivity contribution in [2.45, 2.75) is 58.3 Å². The summed E-state index contributed by atoms with van der Waals surface area (Å²) in [6.45, 7) is 5.56. The molecule has 0 spiro atoms. The van der Waals surface area contributed by atoms with Crippen LogP contribution in [0.2, 0.25) is 0 Å². The molecule has 0 saturated heterocycles. The highest BCUT2D eigenvalue weighted by molar-refractivity contribution is 7.98. The van der Waals surface area contributed by atoms with Gasteiger partial charge in [0.2, 0.25) is 11.8 Å². The first kappa shape index (κ1) is 36.6. The van der Waals surface area contributed by atoms with E-state index in [-0.39, 0.29) is 42.6 Å². The fraction of sp³-hybridized carbons (Fsp3) is 0.405. The summed E-state index contributed by atoms with van der Waals surface area (Å²) >= 11 is 1.60. The summed E-state index contributed by atoms with van der Waals surface area (Å²) in [5, 5.41) is 8.33. The predicted octanol–water partition coefficient (Wildman–Crippen LogP) is 5.21. The number of methoxy groups -OCH3 is 1. The van der Waals surface area contributed by atoms with Gasteiger partial charge in [0.05, 0.1) is 26.4 Å². The van der Waals surface area contributed by atoms with Gasteiger partial charge in [-0.15, -0.1) is 0 Å². The summed E-state index contributed by atoms with van der Waals surface area (Å²) in [6, 6.07) is 19.5. The van der Waals surface area contributed by atoms with E-state index in [1.165, 1.54) is 19.2 Å².